The number of hydrogen-bond acceptors (Lipinski definition) is 3. The molecule has 0 saturated carbocycles. The number of nitrogens with one attached hydrogen (secondary N) is 2. The number of anilines is 2. The molecule has 1 aromatic rings. The second-order valence-corrected chi connectivity index (χ2v) is 3.44. The van der Waals surface area contributed by atoms with E-state index in [4.69, 9.17) is 5.73 Å². The zero-order chi connectivity index (χ0) is 11.3. The van der Waals surface area contributed by atoms with Crippen LogP contribution in [-0.4, -0.2) is 19.5 Å². The summed E-state index contributed by atoms with van der Waals surface area (Å²) in [6.07, 6.45) is 0.448. The van der Waals surface area contributed by atoms with Gasteiger partial charge in [-0.15, -0.1) is 0 Å². The zero-order valence-corrected chi connectivity index (χ0v) is 9.13. The van der Waals surface area contributed by atoms with Crippen LogP contribution in [0.25, 0.3) is 0 Å². The summed E-state index contributed by atoms with van der Waals surface area (Å²) in [4.78, 5) is 11.0. The summed E-state index contributed by atoms with van der Waals surface area (Å²) < 4.78 is 0. The summed E-state index contributed by atoms with van der Waals surface area (Å²) in [5, 5.41) is 5.70. The van der Waals surface area contributed by atoms with Crippen molar-refractivity contribution in [2.45, 2.75) is 13.3 Å². The molecule has 0 unspecified atom stereocenters. The van der Waals surface area contributed by atoms with Crippen molar-refractivity contribution < 1.29 is 4.79 Å². The minimum atomic E-state index is 0.0220. The first-order chi connectivity index (χ1) is 7.13. The Labute approximate surface area is 89.9 Å². The van der Waals surface area contributed by atoms with Crippen LogP contribution in [0.5, 0.6) is 0 Å². The summed E-state index contributed by atoms with van der Waals surface area (Å²) in [6.45, 7) is 2.59. The van der Waals surface area contributed by atoms with Crippen molar-refractivity contribution in [3.05, 3.63) is 23.8 Å². The van der Waals surface area contributed by atoms with Crippen molar-refractivity contribution in [1.29, 1.82) is 0 Å². The molecule has 0 aliphatic carbocycles. The van der Waals surface area contributed by atoms with Gasteiger partial charge in [0, 0.05) is 20.0 Å². The molecule has 0 aromatic heterocycles. The molecule has 82 valence electrons. The Hall–Kier alpha value is -1.71. The molecule has 4 N–H and O–H groups in total. The smallest absolute Gasteiger partial charge is 0.221 e. The van der Waals surface area contributed by atoms with E-state index in [2.05, 4.69) is 10.6 Å². The van der Waals surface area contributed by atoms with E-state index in [9.17, 15) is 4.79 Å². The molecule has 4 nitrogen and oxygen atoms in total. The Kier molecular flexibility index (Phi) is 3.97. The maximum Gasteiger partial charge on any atom is 0.221 e. The Morgan fingerprint density at radius 2 is 2.20 bits per heavy atom. The van der Waals surface area contributed by atoms with Crippen LogP contribution in [0.15, 0.2) is 18.2 Å². The molecule has 0 bridgehead atoms. The molecule has 0 fully saturated rings. The second-order valence-electron chi connectivity index (χ2n) is 3.44. The Morgan fingerprint density at radius 3 is 2.87 bits per heavy atom. The highest BCUT2D eigenvalue weighted by atomic mass is 16.1. The number of carbonyl (C=O) groups is 1. The molecule has 1 aromatic carbocycles. The third-order valence-electron chi connectivity index (χ3n) is 2.16. The fourth-order valence-corrected chi connectivity index (χ4v) is 1.26. The molecule has 0 spiro atoms. The molecule has 0 heterocycles. The van der Waals surface area contributed by atoms with Crippen LogP contribution in [-0.2, 0) is 4.79 Å². The molecule has 1 rings (SSSR count). The van der Waals surface area contributed by atoms with Gasteiger partial charge in [-0.2, -0.15) is 0 Å². The predicted octanol–water partition coefficient (Wildman–Crippen LogP) is 1.13. The van der Waals surface area contributed by atoms with E-state index in [-0.39, 0.29) is 5.91 Å². The molecule has 0 radical (unpaired) electrons. The lowest BCUT2D eigenvalue weighted by atomic mass is 10.2. The molecule has 4 heteroatoms. The van der Waals surface area contributed by atoms with Crippen molar-refractivity contribution in [3.63, 3.8) is 0 Å². The van der Waals surface area contributed by atoms with Crippen molar-refractivity contribution in [1.82, 2.24) is 5.32 Å². The van der Waals surface area contributed by atoms with Crippen molar-refractivity contribution in [3.8, 4) is 0 Å². The zero-order valence-electron chi connectivity index (χ0n) is 9.13. The third kappa shape index (κ3) is 3.50. The normalized spacial score (nSPS) is 9.73. The molecule has 0 saturated heterocycles. The first-order valence-electron chi connectivity index (χ1n) is 4.94. The fraction of sp³-hybridized carbons (Fsp3) is 0.364. The average Bonchev–Trinajstić information content (AvgIpc) is 2.23. The van der Waals surface area contributed by atoms with Crippen LogP contribution in [0.1, 0.15) is 12.0 Å². The van der Waals surface area contributed by atoms with E-state index in [1.165, 1.54) is 0 Å². The summed E-state index contributed by atoms with van der Waals surface area (Å²) in [6, 6.07) is 5.79. The number of hydrogen-bond donors (Lipinski definition) is 3. The van der Waals surface area contributed by atoms with Gasteiger partial charge >= 0.3 is 0 Å². The van der Waals surface area contributed by atoms with Gasteiger partial charge in [-0.3, -0.25) is 4.79 Å². The molecular formula is C11H17N3O. The van der Waals surface area contributed by atoms with E-state index in [0.29, 0.717) is 18.7 Å². The van der Waals surface area contributed by atoms with E-state index in [1.54, 1.807) is 7.05 Å². The van der Waals surface area contributed by atoms with Gasteiger partial charge < -0.3 is 16.4 Å². The van der Waals surface area contributed by atoms with E-state index >= 15 is 0 Å². The molecular weight excluding hydrogens is 190 g/mol. The van der Waals surface area contributed by atoms with Gasteiger partial charge in [0.2, 0.25) is 5.91 Å². The maximum absolute atomic E-state index is 11.0. The fourth-order valence-electron chi connectivity index (χ4n) is 1.26. The lowest BCUT2D eigenvalue weighted by molar-refractivity contribution is -0.120. The van der Waals surface area contributed by atoms with Crippen LogP contribution in [0, 0.1) is 6.92 Å². The lowest BCUT2D eigenvalue weighted by Crippen LogP contribution is -2.21. The summed E-state index contributed by atoms with van der Waals surface area (Å²) in [7, 11) is 1.63. The number of nitrogens with two attached hydrogens (primary N) is 1. The molecule has 1 amide bonds. The Balaban J connectivity index is 2.50. The van der Waals surface area contributed by atoms with Gasteiger partial charge in [0.25, 0.3) is 0 Å². The summed E-state index contributed by atoms with van der Waals surface area (Å²) in [5.74, 6) is 0.0220. The standard InChI is InChI=1S/C11H17N3O/c1-8-3-4-9(12)10(7-8)14-6-5-11(15)13-2/h3-4,7,14H,5-6,12H2,1-2H3,(H,13,15). The number of benzene rings is 1. The third-order valence-corrected chi connectivity index (χ3v) is 2.16. The lowest BCUT2D eigenvalue weighted by Gasteiger charge is -2.09. The number of rotatable bonds is 4. The number of amides is 1. The minimum absolute atomic E-state index is 0.0220. The van der Waals surface area contributed by atoms with Crippen LogP contribution in [0.4, 0.5) is 11.4 Å². The van der Waals surface area contributed by atoms with Crippen LogP contribution in [0.3, 0.4) is 0 Å². The largest absolute Gasteiger partial charge is 0.397 e. The van der Waals surface area contributed by atoms with Gasteiger partial charge in [-0.25, -0.2) is 0 Å². The first kappa shape index (κ1) is 11.4. The Bertz CT molecular complexity index is 350. The molecule has 0 atom stereocenters. The van der Waals surface area contributed by atoms with Crippen LogP contribution in [0.2, 0.25) is 0 Å². The quantitative estimate of drug-likeness (QED) is 0.648. The summed E-state index contributed by atoms with van der Waals surface area (Å²) >= 11 is 0. The van der Waals surface area contributed by atoms with Gasteiger partial charge in [0.05, 0.1) is 11.4 Å². The number of carbonyl (C=O) groups excluding carboxylic acids is 1. The molecule has 0 aliphatic heterocycles. The van der Waals surface area contributed by atoms with E-state index in [0.717, 1.165) is 11.3 Å². The van der Waals surface area contributed by atoms with Gasteiger partial charge in [0.1, 0.15) is 0 Å². The van der Waals surface area contributed by atoms with Crippen LogP contribution < -0.4 is 16.4 Å². The topological polar surface area (TPSA) is 67.2 Å². The van der Waals surface area contributed by atoms with Crippen molar-refractivity contribution in [2.24, 2.45) is 0 Å². The molecule has 15 heavy (non-hydrogen) atoms. The second kappa shape index (κ2) is 5.24. The maximum atomic E-state index is 11.0. The highest BCUT2D eigenvalue weighted by Crippen LogP contribution is 2.19. The minimum Gasteiger partial charge on any atom is -0.397 e. The monoisotopic (exact) mass is 207 g/mol. The first-order valence-corrected chi connectivity index (χ1v) is 4.94. The SMILES string of the molecule is CNC(=O)CCNc1cc(C)ccc1N. The van der Waals surface area contributed by atoms with Crippen molar-refractivity contribution in [2.75, 3.05) is 24.6 Å². The van der Waals surface area contributed by atoms with Crippen LogP contribution >= 0.6 is 0 Å². The summed E-state index contributed by atoms with van der Waals surface area (Å²) in [5.41, 5.74) is 8.51. The predicted molar refractivity (Wildman–Crippen MR) is 62.8 cm³/mol. The van der Waals surface area contributed by atoms with Gasteiger partial charge in [-0.1, -0.05) is 6.07 Å². The number of nitrogen functional groups attached to an aromatic ring is 1. The highest BCUT2D eigenvalue weighted by Gasteiger charge is 2.00. The van der Waals surface area contributed by atoms with Crippen molar-refractivity contribution >= 4 is 17.3 Å². The van der Waals surface area contributed by atoms with E-state index in [1.807, 2.05) is 25.1 Å². The van der Waals surface area contributed by atoms with Gasteiger partial charge in [-0.05, 0) is 24.6 Å². The van der Waals surface area contributed by atoms with E-state index < -0.39 is 0 Å². The highest BCUT2D eigenvalue weighted by molar-refractivity contribution is 5.76. The van der Waals surface area contributed by atoms with Gasteiger partial charge in [0.15, 0.2) is 0 Å². The Morgan fingerprint density at radius 1 is 1.47 bits per heavy atom. The molecule has 0 aliphatic rings. The number of aryl methyl sites for hydroxylation is 1. The average molecular weight is 207 g/mol.